The van der Waals surface area contributed by atoms with Gasteiger partial charge in [0.05, 0.1) is 77.6 Å². The van der Waals surface area contributed by atoms with Gasteiger partial charge in [-0.05, 0) is 137 Å². The monoisotopic (exact) mass is 1160 g/mol. The maximum atomic E-state index is 12.8. The van der Waals surface area contributed by atoms with Crippen molar-refractivity contribution in [3.05, 3.63) is 308 Å². The van der Waals surface area contributed by atoms with Crippen LogP contribution in [0.25, 0.3) is 166 Å². The molecule has 19 rings (SSSR count). The Labute approximate surface area is 522 Å². The first kappa shape index (κ1) is 50.7. The van der Waals surface area contributed by atoms with Crippen LogP contribution >= 0.6 is 0 Å². The summed E-state index contributed by atoms with van der Waals surface area (Å²) in [7, 11) is 0. The van der Waals surface area contributed by atoms with Gasteiger partial charge in [0.25, 0.3) is 0 Å². The molecule has 8 heteroatoms. The van der Waals surface area contributed by atoms with Crippen LogP contribution in [0.15, 0.2) is 297 Å². The average molecular weight is 1160 g/mol. The maximum Gasteiger partial charge on any atom is 0.220 e. The molecule has 0 aliphatic heterocycles. The zero-order valence-electron chi connectivity index (χ0n) is 49.4. The number of hydrogen-bond acceptors (Lipinski definition) is 2. The fourth-order valence-electron chi connectivity index (χ4n) is 15.0. The molecule has 0 aliphatic carbocycles. The van der Waals surface area contributed by atoms with Crippen molar-refractivity contribution in [2.45, 2.75) is 6.92 Å². The van der Waals surface area contributed by atoms with Crippen molar-refractivity contribution in [1.29, 1.82) is 5.26 Å². The highest BCUT2D eigenvalue weighted by atomic mass is 15.2. The zero-order chi connectivity index (χ0) is 60.0. The number of hydrogen-bond donors (Lipinski definition) is 0. The standard InChI is InChI=1S/C83H52N8/c1-52-61-42-38-55(53-22-6-2-7-23-53)46-75(61)90-77-49-58(41-45-73(77)86(82(52)90)59-26-10-4-11-27-59)80-67(51-84)81(89-71-36-20-16-32-64(71)65-33-17-21-37-72(65)89)66(50-79(80)88-69-34-18-14-30-62(69)63-31-15-19-35-70(63)88)57-40-44-74-78(48-57)91-76-47-56(54-24-8-3-9-25-54)39-43-68(76)85-83(91)87(74)60-28-12-5-13-29-60/h2-50H,1H3. The van der Waals surface area contributed by atoms with Crippen LogP contribution in [-0.4, -0.2) is 32.1 Å². The Balaban J connectivity index is 0.981. The second-order valence-corrected chi connectivity index (χ2v) is 23.8. The molecule has 0 bridgehead atoms. The molecule has 0 radical (unpaired) electrons. The molecular weight excluding hydrogens is 1110 g/mol. The molecule has 0 aliphatic rings. The third-order valence-electron chi connectivity index (χ3n) is 19.0. The fraction of sp³-hybridized carbons (Fsp3) is 0.0120. The summed E-state index contributed by atoms with van der Waals surface area (Å²) >= 11 is 0. The summed E-state index contributed by atoms with van der Waals surface area (Å²) < 4.78 is 14.2. The molecule has 0 saturated carbocycles. The Hall–Kier alpha value is -12.4. The highest BCUT2D eigenvalue weighted by Gasteiger charge is 2.30. The van der Waals surface area contributed by atoms with Crippen molar-refractivity contribution in [2.24, 2.45) is 0 Å². The lowest BCUT2D eigenvalue weighted by atomic mass is 9.90. The summed E-state index contributed by atoms with van der Waals surface area (Å²) in [6.07, 6.45) is 0. The summed E-state index contributed by atoms with van der Waals surface area (Å²) in [6, 6.07) is 110. The fourth-order valence-corrected chi connectivity index (χ4v) is 15.0. The molecule has 0 saturated heterocycles. The molecule has 13 aromatic carbocycles. The van der Waals surface area contributed by atoms with Gasteiger partial charge in [0.15, 0.2) is 0 Å². The largest absolute Gasteiger partial charge is 0.309 e. The molecule has 424 valence electrons. The van der Waals surface area contributed by atoms with Crippen molar-refractivity contribution < 1.29 is 0 Å². The predicted molar refractivity (Wildman–Crippen MR) is 375 cm³/mol. The lowest BCUT2D eigenvalue weighted by Gasteiger charge is -2.23. The lowest BCUT2D eigenvalue weighted by Crippen LogP contribution is -2.08. The Morgan fingerprint density at radius 3 is 1.35 bits per heavy atom. The lowest BCUT2D eigenvalue weighted by molar-refractivity contribution is 1.11. The number of benzene rings is 13. The van der Waals surface area contributed by atoms with Gasteiger partial charge in [0.1, 0.15) is 11.7 Å². The minimum atomic E-state index is 0.548. The van der Waals surface area contributed by atoms with Gasteiger partial charge in [-0.2, -0.15) is 5.26 Å². The van der Waals surface area contributed by atoms with Crippen LogP contribution in [0.4, 0.5) is 0 Å². The van der Waals surface area contributed by atoms with E-state index in [0.29, 0.717) is 5.56 Å². The first-order valence-corrected chi connectivity index (χ1v) is 30.9. The van der Waals surface area contributed by atoms with Gasteiger partial charge in [-0.1, -0.05) is 200 Å². The van der Waals surface area contributed by atoms with E-state index in [1.807, 2.05) is 0 Å². The molecule has 0 N–H and O–H groups in total. The number of fused-ring (bicyclic) bond motifs is 16. The topological polar surface area (TPSA) is 65.2 Å². The minimum Gasteiger partial charge on any atom is -0.309 e. The van der Waals surface area contributed by atoms with Gasteiger partial charge in [-0.15, -0.1) is 0 Å². The molecule has 0 fully saturated rings. The van der Waals surface area contributed by atoms with Crippen LogP contribution < -0.4 is 0 Å². The van der Waals surface area contributed by atoms with Crippen molar-refractivity contribution >= 4 is 99.0 Å². The van der Waals surface area contributed by atoms with Crippen LogP contribution in [0.3, 0.4) is 0 Å². The smallest absolute Gasteiger partial charge is 0.220 e. The van der Waals surface area contributed by atoms with Crippen LogP contribution in [0.2, 0.25) is 0 Å². The van der Waals surface area contributed by atoms with Crippen molar-refractivity contribution in [1.82, 2.24) is 32.1 Å². The molecule has 6 aromatic heterocycles. The quantitative estimate of drug-likeness (QED) is 0.152. The van der Waals surface area contributed by atoms with Crippen LogP contribution in [0.5, 0.6) is 0 Å². The number of aryl methyl sites for hydroxylation is 1. The summed E-state index contributed by atoms with van der Waals surface area (Å²) in [5.74, 6) is 0.813. The van der Waals surface area contributed by atoms with E-state index in [1.54, 1.807) is 0 Å². The predicted octanol–water partition coefficient (Wildman–Crippen LogP) is 20.8. The molecule has 0 spiro atoms. The number of para-hydroxylation sites is 6. The molecule has 0 unspecified atom stereocenters. The first-order valence-electron chi connectivity index (χ1n) is 30.9. The summed E-state index contributed by atoms with van der Waals surface area (Å²) in [5.41, 5.74) is 25.9. The minimum absolute atomic E-state index is 0.548. The molecular formula is C83H52N8. The molecule has 8 nitrogen and oxygen atoms in total. The van der Waals surface area contributed by atoms with Crippen LogP contribution in [0.1, 0.15) is 11.1 Å². The third kappa shape index (κ3) is 7.34. The molecule has 0 atom stereocenters. The van der Waals surface area contributed by atoms with Crippen LogP contribution in [-0.2, 0) is 0 Å². The number of aromatic nitrogens is 7. The number of rotatable bonds is 8. The Morgan fingerprint density at radius 1 is 0.319 bits per heavy atom. The van der Waals surface area contributed by atoms with Gasteiger partial charge in [-0.3, -0.25) is 17.9 Å². The zero-order valence-corrected chi connectivity index (χ0v) is 49.4. The van der Waals surface area contributed by atoms with Crippen LogP contribution in [0, 0.1) is 18.3 Å². The number of nitriles is 1. The van der Waals surface area contributed by atoms with Gasteiger partial charge >= 0.3 is 0 Å². The summed E-state index contributed by atoms with van der Waals surface area (Å²) in [4.78, 5) is 5.44. The highest BCUT2D eigenvalue weighted by molar-refractivity contribution is 6.13. The van der Waals surface area contributed by atoms with E-state index in [2.05, 4.69) is 337 Å². The first-order chi connectivity index (χ1) is 45.1. The van der Waals surface area contributed by atoms with Crippen molar-refractivity contribution in [3.8, 4) is 73.3 Å². The Bertz CT molecular complexity index is 6160. The number of imidazole rings is 3. The SMILES string of the molecule is Cc1c2ccc(-c3ccccc3)cc2n2c3cc(-c4c(-n5c6ccccc6c6ccccc65)cc(-c5ccc6c(c5)n5c7cc(-c8ccccc8)ccc7nc5n6-c5ccccc5)c(-n5c6ccccc6c6ccccc65)c4C#N)ccc3n(-c3ccccc3)c12. The normalized spacial score (nSPS) is 12.0. The molecule has 19 aromatic rings. The highest BCUT2D eigenvalue weighted by Crippen LogP contribution is 2.48. The van der Waals surface area contributed by atoms with E-state index < -0.39 is 0 Å². The van der Waals surface area contributed by atoms with Gasteiger partial charge < -0.3 is 9.13 Å². The Morgan fingerprint density at radius 2 is 0.769 bits per heavy atom. The average Bonchev–Trinajstić information content (AvgIpc) is 1.61. The summed E-state index contributed by atoms with van der Waals surface area (Å²) in [6.45, 7) is 2.25. The Kier molecular flexibility index (Phi) is 10.9. The maximum absolute atomic E-state index is 12.8. The third-order valence-corrected chi connectivity index (χ3v) is 19.0. The molecule has 6 heterocycles. The van der Waals surface area contributed by atoms with E-state index in [0.717, 1.165) is 161 Å². The van der Waals surface area contributed by atoms with E-state index in [1.165, 1.54) is 10.9 Å². The number of nitrogens with zero attached hydrogens (tertiary/aromatic N) is 8. The van der Waals surface area contributed by atoms with E-state index in [-0.39, 0.29) is 0 Å². The van der Waals surface area contributed by atoms with E-state index in [9.17, 15) is 5.26 Å². The second kappa shape index (κ2) is 19.5. The summed E-state index contributed by atoms with van der Waals surface area (Å²) in [5, 5.41) is 18.4. The van der Waals surface area contributed by atoms with E-state index >= 15 is 0 Å². The molecule has 91 heavy (non-hydrogen) atoms. The van der Waals surface area contributed by atoms with Crippen molar-refractivity contribution in [3.63, 3.8) is 0 Å². The van der Waals surface area contributed by atoms with E-state index in [4.69, 9.17) is 4.98 Å². The van der Waals surface area contributed by atoms with Crippen molar-refractivity contribution in [2.75, 3.05) is 0 Å². The van der Waals surface area contributed by atoms with Gasteiger partial charge in [-0.25, -0.2) is 4.98 Å². The molecule has 0 amide bonds. The van der Waals surface area contributed by atoms with Gasteiger partial charge in [0, 0.05) is 55.0 Å². The second-order valence-electron chi connectivity index (χ2n) is 23.8. The van der Waals surface area contributed by atoms with Gasteiger partial charge in [0.2, 0.25) is 5.78 Å².